The lowest BCUT2D eigenvalue weighted by Crippen LogP contribution is -2.29. The summed E-state index contributed by atoms with van der Waals surface area (Å²) in [5.74, 6) is 7.46. The van der Waals surface area contributed by atoms with E-state index >= 15 is 0 Å². The number of benzene rings is 2. The third-order valence-corrected chi connectivity index (χ3v) is 5.98. The zero-order valence-electron chi connectivity index (χ0n) is 16.7. The molecule has 2 N–H and O–H groups in total. The summed E-state index contributed by atoms with van der Waals surface area (Å²) in [6, 6.07) is 12.8. The van der Waals surface area contributed by atoms with Crippen molar-refractivity contribution in [3.05, 3.63) is 58.7 Å². The van der Waals surface area contributed by atoms with Crippen molar-refractivity contribution in [2.45, 2.75) is 44.6 Å². The molecule has 0 aromatic heterocycles. The Hall–Kier alpha value is -2.82. The monoisotopic (exact) mass is 377 g/mol. The van der Waals surface area contributed by atoms with Gasteiger partial charge in [0.2, 0.25) is 0 Å². The molecule has 0 amide bonds. The summed E-state index contributed by atoms with van der Waals surface area (Å²) in [6.07, 6.45) is 4.79. The van der Waals surface area contributed by atoms with Crippen molar-refractivity contribution >= 4 is 11.4 Å². The average molecular weight is 377 g/mol. The lowest BCUT2D eigenvalue weighted by molar-refractivity contribution is 0.349. The summed E-state index contributed by atoms with van der Waals surface area (Å²) in [5, 5.41) is 3.85. The highest BCUT2D eigenvalue weighted by Gasteiger charge is 2.34. The van der Waals surface area contributed by atoms with Gasteiger partial charge in [-0.25, -0.2) is 0 Å². The molecule has 1 aliphatic carbocycles. The van der Waals surface area contributed by atoms with E-state index in [0.717, 1.165) is 46.0 Å². The summed E-state index contributed by atoms with van der Waals surface area (Å²) in [7, 11) is 3.37. The van der Waals surface area contributed by atoms with Gasteiger partial charge in [-0.2, -0.15) is 5.10 Å². The Bertz CT molecular complexity index is 949. The number of ether oxygens (including phenoxy) is 2. The molecule has 4 rings (SSSR count). The highest BCUT2D eigenvalue weighted by molar-refractivity contribution is 6.16. The summed E-state index contributed by atoms with van der Waals surface area (Å²) in [4.78, 5) is 5.22. The van der Waals surface area contributed by atoms with E-state index < -0.39 is 0 Å². The van der Waals surface area contributed by atoms with Gasteiger partial charge >= 0.3 is 0 Å². The van der Waals surface area contributed by atoms with Crippen LogP contribution in [0, 0.1) is 0 Å². The molecular weight excluding hydrogens is 350 g/mol. The minimum absolute atomic E-state index is 0.322. The smallest absolute Gasteiger partial charge is 0.161 e. The second-order valence-corrected chi connectivity index (χ2v) is 7.53. The number of hydrogen-bond acceptors (Lipinski definition) is 5. The van der Waals surface area contributed by atoms with Crippen LogP contribution in [0.5, 0.6) is 11.5 Å². The SMILES string of the molecule is COc1cc2c(cc1OC)[C@H]1CCCC[C@H]1N=C2c1cccc(C(C)=NN)c1. The first-order valence-electron chi connectivity index (χ1n) is 9.85. The minimum Gasteiger partial charge on any atom is -0.493 e. The van der Waals surface area contributed by atoms with Crippen molar-refractivity contribution in [1.29, 1.82) is 0 Å². The maximum Gasteiger partial charge on any atom is 0.161 e. The quantitative estimate of drug-likeness (QED) is 0.492. The van der Waals surface area contributed by atoms with Crippen LogP contribution >= 0.6 is 0 Å². The second kappa shape index (κ2) is 7.66. The van der Waals surface area contributed by atoms with Crippen LogP contribution in [-0.4, -0.2) is 31.7 Å². The molecule has 1 saturated carbocycles. The van der Waals surface area contributed by atoms with Crippen LogP contribution in [0.25, 0.3) is 0 Å². The first kappa shape index (κ1) is 18.5. The molecule has 146 valence electrons. The van der Waals surface area contributed by atoms with E-state index in [1.807, 2.05) is 19.1 Å². The number of rotatable bonds is 4. The van der Waals surface area contributed by atoms with Gasteiger partial charge in [0.15, 0.2) is 11.5 Å². The van der Waals surface area contributed by atoms with Crippen LogP contribution in [0.1, 0.15) is 60.8 Å². The zero-order valence-corrected chi connectivity index (χ0v) is 16.7. The molecule has 2 atom stereocenters. The number of methoxy groups -OCH3 is 2. The van der Waals surface area contributed by atoms with Crippen LogP contribution < -0.4 is 15.3 Å². The molecule has 5 heteroatoms. The number of fused-ring (bicyclic) bond motifs is 3. The molecule has 28 heavy (non-hydrogen) atoms. The fourth-order valence-corrected chi connectivity index (χ4v) is 4.47. The number of aliphatic imine (C=N–C) groups is 1. The molecule has 5 nitrogen and oxygen atoms in total. The molecule has 0 bridgehead atoms. The Labute approximate surface area is 166 Å². The van der Waals surface area contributed by atoms with Crippen LogP contribution in [0.4, 0.5) is 0 Å². The maximum atomic E-state index is 5.59. The number of hydrazone groups is 1. The molecule has 0 saturated heterocycles. The summed E-state index contributed by atoms with van der Waals surface area (Å²) >= 11 is 0. The highest BCUT2D eigenvalue weighted by Crippen LogP contribution is 2.44. The molecule has 1 aliphatic heterocycles. The molecule has 2 aliphatic rings. The van der Waals surface area contributed by atoms with E-state index in [9.17, 15) is 0 Å². The Morgan fingerprint density at radius 3 is 2.57 bits per heavy atom. The summed E-state index contributed by atoms with van der Waals surface area (Å²) < 4.78 is 11.2. The van der Waals surface area contributed by atoms with E-state index in [-0.39, 0.29) is 0 Å². The third-order valence-electron chi connectivity index (χ3n) is 5.98. The molecule has 0 spiro atoms. The Balaban J connectivity index is 1.90. The van der Waals surface area contributed by atoms with Gasteiger partial charge in [0.1, 0.15) is 0 Å². The Kier molecular flexibility index (Phi) is 5.07. The number of nitrogens with two attached hydrogens (primary N) is 1. The van der Waals surface area contributed by atoms with Crippen molar-refractivity contribution in [2.75, 3.05) is 14.2 Å². The average Bonchev–Trinajstić information content (AvgIpc) is 2.76. The van der Waals surface area contributed by atoms with Crippen molar-refractivity contribution in [2.24, 2.45) is 15.9 Å². The Morgan fingerprint density at radius 2 is 1.82 bits per heavy atom. The topological polar surface area (TPSA) is 69.2 Å². The van der Waals surface area contributed by atoms with E-state index in [4.69, 9.17) is 20.3 Å². The van der Waals surface area contributed by atoms with Crippen LogP contribution in [0.3, 0.4) is 0 Å². The van der Waals surface area contributed by atoms with Crippen LogP contribution in [-0.2, 0) is 0 Å². The van der Waals surface area contributed by atoms with Gasteiger partial charge in [0, 0.05) is 17.0 Å². The summed E-state index contributed by atoms with van der Waals surface area (Å²) in [6.45, 7) is 1.92. The molecular formula is C23H27N3O2. The van der Waals surface area contributed by atoms with Crippen molar-refractivity contribution in [1.82, 2.24) is 0 Å². The molecule has 0 unspecified atom stereocenters. The predicted molar refractivity (Wildman–Crippen MR) is 113 cm³/mol. The van der Waals surface area contributed by atoms with Crippen molar-refractivity contribution < 1.29 is 9.47 Å². The van der Waals surface area contributed by atoms with Crippen molar-refractivity contribution in [3.63, 3.8) is 0 Å². The largest absolute Gasteiger partial charge is 0.493 e. The maximum absolute atomic E-state index is 5.59. The second-order valence-electron chi connectivity index (χ2n) is 7.53. The normalized spacial score (nSPS) is 21.4. The van der Waals surface area contributed by atoms with Gasteiger partial charge in [-0.15, -0.1) is 0 Å². The lowest BCUT2D eigenvalue weighted by atomic mass is 9.75. The highest BCUT2D eigenvalue weighted by atomic mass is 16.5. The molecule has 0 radical (unpaired) electrons. The van der Waals surface area contributed by atoms with Crippen molar-refractivity contribution in [3.8, 4) is 11.5 Å². The van der Waals surface area contributed by atoms with E-state index in [1.54, 1.807) is 14.2 Å². The molecule has 2 aromatic carbocycles. The van der Waals surface area contributed by atoms with E-state index in [2.05, 4.69) is 29.4 Å². The van der Waals surface area contributed by atoms with Gasteiger partial charge in [-0.3, -0.25) is 4.99 Å². The van der Waals surface area contributed by atoms with Gasteiger partial charge in [-0.05, 0) is 49.1 Å². The van der Waals surface area contributed by atoms with Gasteiger partial charge < -0.3 is 15.3 Å². The first-order chi connectivity index (χ1) is 13.7. The number of hydrogen-bond donors (Lipinski definition) is 1. The lowest BCUT2D eigenvalue weighted by Gasteiger charge is -2.35. The fraction of sp³-hybridized carbons (Fsp3) is 0.391. The molecule has 1 heterocycles. The standard InChI is InChI=1S/C23H27N3O2/c1-14(26-24)15-7-6-8-16(11-15)23-19-13-22(28-3)21(27-2)12-18(19)17-9-4-5-10-20(17)25-23/h6-8,11-13,17,20H,4-5,9-10,24H2,1-3H3/t17-,20-/m1/s1. The van der Waals surface area contributed by atoms with Gasteiger partial charge in [0.05, 0.1) is 31.7 Å². The molecule has 1 fully saturated rings. The molecule has 2 aromatic rings. The minimum atomic E-state index is 0.322. The van der Waals surface area contributed by atoms with Crippen LogP contribution in [0.15, 0.2) is 46.5 Å². The van der Waals surface area contributed by atoms with Gasteiger partial charge in [0.25, 0.3) is 0 Å². The Morgan fingerprint density at radius 1 is 1.07 bits per heavy atom. The van der Waals surface area contributed by atoms with E-state index in [0.29, 0.717) is 12.0 Å². The number of nitrogens with zero attached hydrogens (tertiary/aromatic N) is 2. The third kappa shape index (κ3) is 3.15. The van der Waals surface area contributed by atoms with Gasteiger partial charge in [-0.1, -0.05) is 31.0 Å². The summed E-state index contributed by atoms with van der Waals surface area (Å²) in [5.41, 5.74) is 6.38. The first-order valence-corrected chi connectivity index (χ1v) is 9.85. The predicted octanol–water partition coefficient (Wildman–Crippen LogP) is 4.26. The zero-order chi connectivity index (χ0) is 19.7. The van der Waals surface area contributed by atoms with Crippen LogP contribution in [0.2, 0.25) is 0 Å². The fourth-order valence-electron chi connectivity index (χ4n) is 4.47. The van der Waals surface area contributed by atoms with E-state index in [1.165, 1.54) is 24.8 Å².